The van der Waals surface area contributed by atoms with Crippen LogP contribution in [0.15, 0.2) is 24.3 Å². The van der Waals surface area contributed by atoms with Crippen molar-refractivity contribution in [2.75, 3.05) is 18.0 Å². The number of rotatable bonds is 4. The van der Waals surface area contributed by atoms with Gasteiger partial charge in [0.15, 0.2) is 0 Å². The number of anilines is 1. The molecule has 1 saturated carbocycles. The Morgan fingerprint density at radius 1 is 1.25 bits per heavy atom. The Hall–Kier alpha value is -1.35. The SMILES string of the molecule is CCN(C(=O)C1CCC(CN)CC1)c1ccccc1C. The molecule has 0 radical (unpaired) electrons. The minimum atomic E-state index is 0.178. The lowest BCUT2D eigenvalue weighted by Crippen LogP contribution is -2.38. The summed E-state index contributed by atoms with van der Waals surface area (Å²) in [5.74, 6) is 1.09. The van der Waals surface area contributed by atoms with E-state index in [9.17, 15) is 4.79 Å². The number of nitrogens with two attached hydrogens (primary N) is 1. The molecule has 1 aromatic rings. The number of carbonyl (C=O) groups is 1. The lowest BCUT2D eigenvalue weighted by molar-refractivity contribution is -0.123. The monoisotopic (exact) mass is 274 g/mol. The Morgan fingerprint density at radius 3 is 2.45 bits per heavy atom. The standard InChI is InChI=1S/C17H26N2O/c1-3-19(16-7-5-4-6-13(16)2)17(20)15-10-8-14(12-18)9-11-15/h4-7,14-15H,3,8-12,18H2,1-2H3. The van der Waals surface area contributed by atoms with Crippen LogP contribution in [0.3, 0.4) is 0 Å². The van der Waals surface area contributed by atoms with Gasteiger partial charge < -0.3 is 10.6 Å². The van der Waals surface area contributed by atoms with E-state index in [0.29, 0.717) is 5.92 Å². The maximum Gasteiger partial charge on any atom is 0.230 e. The zero-order valence-corrected chi connectivity index (χ0v) is 12.6. The molecule has 110 valence electrons. The highest BCUT2D eigenvalue weighted by atomic mass is 16.2. The normalized spacial score (nSPS) is 22.6. The molecular weight excluding hydrogens is 248 g/mol. The molecule has 0 aliphatic heterocycles. The van der Waals surface area contributed by atoms with E-state index in [1.807, 2.05) is 23.1 Å². The Balaban J connectivity index is 2.09. The highest BCUT2D eigenvalue weighted by Gasteiger charge is 2.29. The van der Waals surface area contributed by atoms with Crippen LogP contribution in [0.4, 0.5) is 5.69 Å². The Labute approximate surface area is 122 Å². The molecule has 0 unspecified atom stereocenters. The van der Waals surface area contributed by atoms with Gasteiger partial charge in [-0.15, -0.1) is 0 Å². The molecule has 1 amide bonds. The van der Waals surface area contributed by atoms with Gasteiger partial charge in [-0.1, -0.05) is 18.2 Å². The van der Waals surface area contributed by atoms with Crippen molar-refractivity contribution in [3.05, 3.63) is 29.8 Å². The molecular formula is C17H26N2O. The molecule has 0 atom stereocenters. The summed E-state index contributed by atoms with van der Waals surface area (Å²) in [6.45, 7) is 5.61. The molecule has 1 aliphatic carbocycles. The summed E-state index contributed by atoms with van der Waals surface area (Å²) >= 11 is 0. The average molecular weight is 274 g/mol. The molecule has 1 aliphatic rings. The number of carbonyl (C=O) groups excluding carboxylic acids is 1. The summed E-state index contributed by atoms with van der Waals surface area (Å²) in [6, 6.07) is 8.13. The van der Waals surface area contributed by atoms with Gasteiger partial charge >= 0.3 is 0 Å². The molecule has 0 saturated heterocycles. The molecule has 1 aromatic carbocycles. The first-order valence-corrected chi connectivity index (χ1v) is 7.74. The number of para-hydroxylation sites is 1. The molecule has 0 aromatic heterocycles. The van der Waals surface area contributed by atoms with E-state index >= 15 is 0 Å². The fourth-order valence-electron chi connectivity index (χ4n) is 3.18. The van der Waals surface area contributed by atoms with E-state index in [-0.39, 0.29) is 11.8 Å². The van der Waals surface area contributed by atoms with Crippen LogP contribution < -0.4 is 10.6 Å². The van der Waals surface area contributed by atoms with Gasteiger partial charge in [-0.3, -0.25) is 4.79 Å². The smallest absolute Gasteiger partial charge is 0.230 e. The van der Waals surface area contributed by atoms with Crippen LogP contribution in [0.5, 0.6) is 0 Å². The zero-order chi connectivity index (χ0) is 14.5. The Kier molecular flexibility index (Phi) is 5.18. The van der Waals surface area contributed by atoms with Gasteiger partial charge in [0, 0.05) is 18.2 Å². The van der Waals surface area contributed by atoms with Gasteiger partial charge in [-0.25, -0.2) is 0 Å². The zero-order valence-electron chi connectivity index (χ0n) is 12.6. The maximum atomic E-state index is 12.8. The van der Waals surface area contributed by atoms with Crippen molar-refractivity contribution in [2.24, 2.45) is 17.6 Å². The Morgan fingerprint density at radius 2 is 1.90 bits per heavy atom. The van der Waals surface area contributed by atoms with Crippen molar-refractivity contribution in [2.45, 2.75) is 39.5 Å². The van der Waals surface area contributed by atoms with Crippen LogP contribution in [-0.4, -0.2) is 19.0 Å². The summed E-state index contributed by atoms with van der Waals surface area (Å²) in [5.41, 5.74) is 7.95. The van der Waals surface area contributed by atoms with Crippen LogP contribution in [0, 0.1) is 18.8 Å². The number of amides is 1. The van der Waals surface area contributed by atoms with Gasteiger partial charge in [-0.05, 0) is 63.6 Å². The molecule has 20 heavy (non-hydrogen) atoms. The van der Waals surface area contributed by atoms with E-state index in [0.717, 1.165) is 44.5 Å². The van der Waals surface area contributed by atoms with Gasteiger partial charge in [0.25, 0.3) is 0 Å². The predicted octanol–water partition coefficient (Wildman–Crippen LogP) is 3.11. The first-order valence-electron chi connectivity index (χ1n) is 7.74. The second-order valence-corrected chi connectivity index (χ2v) is 5.82. The molecule has 0 bridgehead atoms. The third kappa shape index (κ3) is 3.21. The molecule has 0 spiro atoms. The average Bonchev–Trinajstić information content (AvgIpc) is 2.50. The number of benzene rings is 1. The van der Waals surface area contributed by atoms with Crippen molar-refractivity contribution in [1.82, 2.24) is 0 Å². The van der Waals surface area contributed by atoms with E-state index < -0.39 is 0 Å². The third-order valence-corrected chi connectivity index (χ3v) is 4.52. The molecule has 3 heteroatoms. The minimum Gasteiger partial charge on any atom is -0.330 e. The van der Waals surface area contributed by atoms with E-state index in [1.54, 1.807) is 0 Å². The molecule has 0 heterocycles. The van der Waals surface area contributed by atoms with Crippen molar-refractivity contribution in [1.29, 1.82) is 0 Å². The van der Waals surface area contributed by atoms with Gasteiger partial charge in [0.2, 0.25) is 5.91 Å². The first kappa shape index (κ1) is 15.0. The third-order valence-electron chi connectivity index (χ3n) is 4.52. The van der Waals surface area contributed by atoms with E-state index in [4.69, 9.17) is 5.73 Å². The summed E-state index contributed by atoms with van der Waals surface area (Å²) in [6.07, 6.45) is 4.17. The van der Waals surface area contributed by atoms with Gasteiger partial charge in [0.1, 0.15) is 0 Å². The highest BCUT2D eigenvalue weighted by Crippen LogP contribution is 2.31. The Bertz CT molecular complexity index is 450. The number of aryl methyl sites for hydroxylation is 1. The van der Waals surface area contributed by atoms with Crippen molar-refractivity contribution >= 4 is 11.6 Å². The lowest BCUT2D eigenvalue weighted by atomic mass is 9.81. The van der Waals surface area contributed by atoms with Crippen molar-refractivity contribution < 1.29 is 4.79 Å². The van der Waals surface area contributed by atoms with Crippen LogP contribution >= 0.6 is 0 Å². The largest absolute Gasteiger partial charge is 0.330 e. The van der Waals surface area contributed by atoms with Crippen LogP contribution in [0.25, 0.3) is 0 Å². The van der Waals surface area contributed by atoms with Crippen LogP contribution in [-0.2, 0) is 4.79 Å². The van der Waals surface area contributed by atoms with Gasteiger partial charge in [0.05, 0.1) is 0 Å². The summed E-state index contributed by atoms with van der Waals surface area (Å²) < 4.78 is 0. The number of nitrogens with zero attached hydrogens (tertiary/aromatic N) is 1. The summed E-state index contributed by atoms with van der Waals surface area (Å²) in [7, 11) is 0. The summed E-state index contributed by atoms with van der Waals surface area (Å²) in [5, 5.41) is 0. The van der Waals surface area contributed by atoms with Gasteiger partial charge in [-0.2, -0.15) is 0 Å². The van der Waals surface area contributed by atoms with E-state index in [2.05, 4.69) is 19.9 Å². The van der Waals surface area contributed by atoms with Crippen molar-refractivity contribution in [3.63, 3.8) is 0 Å². The quantitative estimate of drug-likeness (QED) is 0.917. The van der Waals surface area contributed by atoms with Crippen LogP contribution in [0.1, 0.15) is 38.2 Å². The molecule has 2 N–H and O–H groups in total. The molecule has 1 fully saturated rings. The molecule has 3 nitrogen and oxygen atoms in total. The number of hydrogen-bond acceptors (Lipinski definition) is 2. The fraction of sp³-hybridized carbons (Fsp3) is 0.588. The second kappa shape index (κ2) is 6.89. The lowest BCUT2D eigenvalue weighted by Gasteiger charge is -2.32. The fourth-order valence-corrected chi connectivity index (χ4v) is 3.18. The summed E-state index contributed by atoms with van der Waals surface area (Å²) in [4.78, 5) is 14.7. The van der Waals surface area contributed by atoms with E-state index in [1.165, 1.54) is 5.56 Å². The first-order chi connectivity index (χ1) is 9.67. The predicted molar refractivity (Wildman–Crippen MR) is 83.7 cm³/mol. The van der Waals surface area contributed by atoms with Crippen molar-refractivity contribution in [3.8, 4) is 0 Å². The second-order valence-electron chi connectivity index (χ2n) is 5.82. The number of hydrogen-bond donors (Lipinski definition) is 1. The minimum absolute atomic E-state index is 0.178. The highest BCUT2D eigenvalue weighted by molar-refractivity contribution is 5.95. The van der Waals surface area contributed by atoms with Crippen LogP contribution in [0.2, 0.25) is 0 Å². The molecule has 2 rings (SSSR count). The maximum absolute atomic E-state index is 12.8. The topological polar surface area (TPSA) is 46.3 Å².